The number of nitrogens with zero attached hydrogens (tertiary/aromatic N) is 3. The van der Waals surface area contributed by atoms with Crippen LogP contribution in [0.4, 0.5) is 16.3 Å². The molecule has 0 unspecified atom stereocenters. The van der Waals surface area contributed by atoms with E-state index in [4.69, 9.17) is 0 Å². The van der Waals surface area contributed by atoms with Crippen LogP contribution < -0.4 is 20.4 Å². The van der Waals surface area contributed by atoms with Crippen molar-refractivity contribution in [3.63, 3.8) is 0 Å². The number of rotatable bonds is 5. The zero-order valence-electron chi connectivity index (χ0n) is 17.7. The van der Waals surface area contributed by atoms with Crippen molar-refractivity contribution in [2.45, 2.75) is 51.1 Å². The van der Waals surface area contributed by atoms with E-state index >= 15 is 0 Å². The molecule has 30 heavy (non-hydrogen) atoms. The van der Waals surface area contributed by atoms with Gasteiger partial charge in [-0.3, -0.25) is 0 Å². The number of nitrogens with one attached hydrogen (secondary N) is 2. The van der Waals surface area contributed by atoms with Crippen LogP contribution in [0.15, 0.2) is 48.7 Å². The molecular formula is C24H33N5O. The molecule has 0 aliphatic carbocycles. The van der Waals surface area contributed by atoms with Crippen molar-refractivity contribution in [3.8, 4) is 0 Å². The molecule has 0 bridgehead atoms. The molecule has 2 aliphatic heterocycles. The van der Waals surface area contributed by atoms with Gasteiger partial charge < -0.3 is 20.4 Å². The van der Waals surface area contributed by atoms with Crippen molar-refractivity contribution in [1.29, 1.82) is 0 Å². The Morgan fingerprint density at radius 2 is 1.67 bits per heavy atom. The van der Waals surface area contributed by atoms with E-state index in [1.165, 1.54) is 31.4 Å². The van der Waals surface area contributed by atoms with Gasteiger partial charge in [0.25, 0.3) is 0 Å². The Morgan fingerprint density at radius 1 is 0.933 bits per heavy atom. The van der Waals surface area contributed by atoms with Gasteiger partial charge in [0.15, 0.2) is 0 Å². The Bertz CT molecular complexity index is 796. The highest BCUT2D eigenvalue weighted by Gasteiger charge is 2.20. The van der Waals surface area contributed by atoms with E-state index in [-0.39, 0.29) is 12.1 Å². The van der Waals surface area contributed by atoms with E-state index in [1.807, 2.05) is 18.3 Å². The number of urea groups is 1. The highest BCUT2D eigenvalue weighted by atomic mass is 16.2. The molecule has 160 valence electrons. The number of aromatic nitrogens is 1. The summed E-state index contributed by atoms with van der Waals surface area (Å²) < 4.78 is 0. The Hall–Kier alpha value is -2.76. The van der Waals surface area contributed by atoms with Gasteiger partial charge in [-0.05, 0) is 55.5 Å². The summed E-state index contributed by atoms with van der Waals surface area (Å²) in [5.74, 6) is 1.03. The Balaban J connectivity index is 1.22. The van der Waals surface area contributed by atoms with Gasteiger partial charge >= 0.3 is 6.03 Å². The van der Waals surface area contributed by atoms with Crippen LogP contribution in [0.25, 0.3) is 0 Å². The average molecular weight is 408 g/mol. The molecule has 4 rings (SSSR count). The van der Waals surface area contributed by atoms with Crippen LogP contribution in [-0.4, -0.2) is 43.2 Å². The zero-order chi connectivity index (χ0) is 20.6. The molecule has 2 fully saturated rings. The Labute approximate surface area is 179 Å². The quantitative estimate of drug-likeness (QED) is 0.788. The molecule has 2 aliphatic rings. The van der Waals surface area contributed by atoms with Gasteiger partial charge in [-0.1, -0.05) is 31.0 Å². The number of carbonyl (C=O) groups is 1. The Kier molecular flexibility index (Phi) is 7.06. The van der Waals surface area contributed by atoms with Crippen molar-refractivity contribution in [2.24, 2.45) is 0 Å². The summed E-state index contributed by atoms with van der Waals surface area (Å²) >= 11 is 0. The fourth-order valence-corrected chi connectivity index (χ4v) is 4.38. The van der Waals surface area contributed by atoms with E-state index < -0.39 is 0 Å². The highest BCUT2D eigenvalue weighted by Crippen LogP contribution is 2.20. The molecule has 6 nitrogen and oxygen atoms in total. The number of hydrogen-bond donors (Lipinski definition) is 2. The predicted octanol–water partition coefficient (Wildman–Crippen LogP) is 3.93. The Morgan fingerprint density at radius 3 is 2.40 bits per heavy atom. The second kappa shape index (κ2) is 10.3. The monoisotopic (exact) mass is 407 g/mol. The third-order valence-corrected chi connectivity index (χ3v) is 6.14. The van der Waals surface area contributed by atoms with Gasteiger partial charge in [0, 0.05) is 50.6 Å². The van der Waals surface area contributed by atoms with Gasteiger partial charge in [0.1, 0.15) is 5.82 Å². The molecule has 1 aromatic carbocycles. The summed E-state index contributed by atoms with van der Waals surface area (Å²) in [5, 5.41) is 6.17. The smallest absolute Gasteiger partial charge is 0.315 e. The third-order valence-electron chi connectivity index (χ3n) is 6.14. The van der Waals surface area contributed by atoms with Crippen LogP contribution >= 0.6 is 0 Å². The summed E-state index contributed by atoms with van der Waals surface area (Å²) in [4.78, 5) is 21.7. The number of amides is 2. The summed E-state index contributed by atoms with van der Waals surface area (Å²) in [6.07, 6.45) is 8.87. The average Bonchev–Trinajstić information content (AvgIpc) is 3.09. The first kappa shape index (κ1) is 20.5. The van der Waals surface area contributed by atoms with Crippen LogP contribution in [0.2, 0.25) is 0 Å². The van der Waals surface area contributed by atoms with Crippen LogP contribution in [0, 0.1) is 0 Å². The molecule has 0 saturated carbocycles. The second-order valence-corrected chi connectivity index (χ2v) is 8.35. The molecule has 0 spiro atoms. The summed E-state index contributed by atoms with van der Waals surface area (Å²) in [6.45, 7) is 4.62. The predicted molar refractivity (Wildman–Crippen MR) is 122 cm³/mol. The minimum absolute atomic E-state index is 0.0821. The molecule has 0 radical (unpaired) electrons. The third kappa shape index (κ3) is 5.65. The second-order valence-electron chi connectivity index (χ2n) is 8.35. The number of anilines is 2. The van der Waals surface area contributed by atoms with Crippen molar-refractivity contribution in [3.05, 3.63) is 54.2 Å². The topological polar surface area (TPSA) is 60.5 Å². The molecule has 2 amide bonds. The van der Waals surface area contributed by atoms with Gasteiger partial charge in [0.2, 0.25) is 0 Å². The molecule has 1 aromatic heterocycles. The number of para-hydroxylation sites is 1. The van der Waals surface area contributed by atoms with Crippen LogP contribution in [0.5, 0.6) is 0 Å². The van der Waals surface area contributed by atoms with Crippen molar-refractivity contribution >= 4 is 17.5 Å². The first-order chi connectivity index (χ1) is 14.8. The van der Waals surface area contributed by atoms with Crippen molar-refractivity contribution in [1.82, 2.24) is 15.6 Å². The van der Waals surface area contributed by atoms with E-state index in [2.05, 4.69) is 55.7 Å². The van der Waals surface area contributed by atoms with E-state index in [0.717, 1.165) is 50.4 Å². The number of pyridine rings is 1. The fourth-order valence-electron chi connectivity index (χ4n) is 4.38. The SMILES string of the molecule is O=C(NCc1ccnc(N2CCCCCC2)c1)NC1CCN(c2ccccc2)CC1. The highest BCUT2D eigenvalue weighted by molar-refractivity contribution is 5.74. The molecule has 0 atom stereocenters. The van der Waals surface area contributed by atoms with E-state index in [9.17, 15) is 4.79 Å². The minimum Gasteiger partial charge on any atom is -0.371 e. The molecule has 2 aromatic rings. The van der Waals surface area contributed by atoms with Gasteiger partial charge in [0.05, 0.1) is 0 Å². The molecule has 2 N–H and O–H groups in total. The first-order valence-corrected chi connectivity index (χ1v) is 11.3. The summed E-state index contributed by atoms with van der Waals surface area (Å²) in [7, 11) is 0. The lowest BCUT2D eigenvalue weighted by atomic mass is 10.0. The van der Waals surface area contributed by atoms with Gasteiger partial charge in [-0.25, -0.2) is 9.78 Å². The summed E-state index contributed by atoms with van der Waals surface area (Å²) in [5.41, 5.74) is 2.36. The van der Waals surface area contributed by atoms with Crippen LogP contribution in [0.1, 0.15) is 44.1 Å². The number of benzene rings is 1. The van der Waals surface area contributed by atoms with Crippen LogP contribution in [0.3, 0.4) is 0 Å². The summed E-state index contributed by atoms with van der Waals surface area (Å²) in [6, 6.07) is 14.7. The van der Waals surface area contributed by atoms with E-state index in [1.54, 1.807) is 0 Å². The lowest BCUT2D eigenvalue weighted by Crippen LogP contribution is -2.47. The minimum atomic E-state index is -0.0821. The lowest BCUT2D eigenvalue weighted by molar-refractivity contribution is 0.234. The number of piperidine rings is 1. The van der Waals surface area contributed by atoms with Crippen molar-refractivity contribution in [2.75, 3.05) is 36.0 Å². The largest absolute Gasteiger partial charge is 0.371 e. The standard InChI is InChI=1S/C24H33N5O/c30-24(27-21-11-16-28(17-12-21)22-8-4-3-5-9-22)26-19-20-10-13-25-23(18-20)29-14-6-1-2-7-15-29/h3-5,8-10,13,18,21H,1-2,6-7,11-12,14-17,19H2,(H2,26,27,30). The number of hydrogen-bond acceptors (Lipinski definition) is 4. The molecule has 2 saturated heterocycles. The zero-order valence-corrected chi connectivity index (χ0v) is 17.7. The van der Waals surface area contributed by atoms with Gasteiger partial charge in [-0.2, -0.15) is 0 Å². The molecule has 3 heterocycles. The number of carbonyl (C=O) groups excluding carboxylic acids is 1. The van der Waals surface area contributed by atoms with Crippen molar-refractivity contribution < 1.29 is 4.79 Å². The van der Waals surface area contributed by atoms with Gasteiger partial charge in [-0.15, -0.1) is 0 Å². The van der Waals surface area contributed by atoms with Crippen LogP contribution in [-0.2, 0) is 6.54 Å². The molecular weight excluding hydrogens is 374 g/mol. The molecule has 6 heteroatoms. The maximum absolute atomic E-state index is 12.4. The van der Waals surface area contributed by atoms with E-state index in [0.29, 0.717) is 6.54 Å². The fraction of sp³-hybridized carbons (Fsp3) is 0.500. The maximum Gasteiger partial charge on any atom is 0.315 e. The maximum atomic E-state index is 12.4. The first-order valence-electron chi connectivity index (χ1n) is 11.3. The lowest BCUT2D eigenvalue weighted by Gasteiger charge is -2.34. The normalized spacial score (nSPS) is 18.0.